The third-order valence-electron chi connectivity index (χ3n) is 2.69. The Balaban J connectivity index is 2.16. The van der Waals surface area contributed by atoms with E-state index in [1.54, 1.807) is 23.6 Å². The van der Waals surface area contributed by atoms with Gasteiger partial charge in [-0.1, -0.05) is 12.1 Å². The molecule has 2 rings (SSSR count). The SMILES string of the molecule is CSc1ccccc1C(=O)N1CC(C)(O)C1. The highest BCUT2D eigenvalue weighted by molar-refractivity contribution is 7.98. The molecule has 4 heteroatoms. The second-order valence-electron chi connectivity index (χ2n) is 4.36. The molecule has 1 aromatic rings. The molecule has 0 aromatic heterocycles. The summed E-state index contributed by atoms with van der Waals surface area (Å²) in [6.45, 7) is 2.60. The molecule has 0 spiro atoms. The van der Waals surface area contributed by atoms with Gasteiger partial charge in [0.2, 0.25) is 0 Å². The monoisotopic (exact) mass is 237 g/mol. The highest BCUT2D eigenvalue weighted by Gasteiger charge is 2.39. The minimum atomic E-state index is -0.704. The number of hydrogen-bond donors (Lipinski definition) is 1. The van der Waals surface area contributed by atoms with Gasteiger partial charge in [-0.25, -0.2) is 0 Å². The molecular weight excluding hydrogens is 222 g/mol. The maximum atomic E-state index is 12.1. The van der Waals surface area contributed by atoms with Crippen molar-refractivity contribution >= 4 is 17.7 Å². The summed E-state index contributed by atoms with van der Waals surface area (Å²) in [5.74, 6) is 0.0106. The largest absolute Gasteiger partial charge is 0.386 e. The van der Waals surface area contributed by atoms with Crippen molar-refractivity contribution in [1.82, 2.24) is 4.90 Å². The van der Waals surface area contributed by atoms with E-state index >= 15 is 0 Å². The summed E-state index contributed by atoms with van der Waals surface area (Å²) in [5.41, 5.74) is 0.0229. The quantitative estimate of drug-likeness (QED) is 0.795. The van der Waals surface area contributed by atoms with Crippen LogP contribution in [0.1, 0.15) is 17.3 Å². The van der Waals surface area contributed by atoms with E-state index in [2.05, 4.69) is 0 Å². The fraction of sp³-hybridized carbons (Fsp3) is 0.417. The molecule has 1 N–H and O–H groups in total. The topological polar surface area (TPSA) is 40.5 Å². The Morgan fingerprint density at radius 3 is 2.62 bits per heavy atom. The van der Waals surface area contributed by atoms with Gasteiger partial charge in [-0.15, -0.1) is 11.8 Å². The molecule has 1 heterocycles. The molecule has 0 unspecified atom stereocenters. The number of β-amino-alcohol motifs (C(OH)–C–C–N with tert-alkyl or cyclic N) is 1. The van der Waals surface area contributed by atoms with Gasteiger partial charge in [0.1, 0.15) is 0 Å². The zero-order chi connectivity index (χ0) is 11.8. The van der Waals surface area contributed by atoms with E-state index in [-0.39, 0.29) is 5.91 Å². The number of likely N-dealkylation sites (tertiary alicyclic amines) is 1. The van der Waals surface area contributed by atoms with Crippen molar-refractivity contribution in [1.29, 1.82) is 0 Å². The minimum Gasteiger partial charge on any atom is -0.386 e. The van der Waals surface area contributed by atoms with Crippen LogP contribution in [0.5, 0.6) is 0 Å². The maximum absolute atomic E-state index is 12.1. The molecule has 0 saturated carbocycles. The summed E-state index contributed by atoms with van der Waals surface area (Å²) >= 11 is 1.57. The van der Waals surface area contributed by atoms with Crippen molar-refractivity contribution < 1.29 is 9.90 Å². The van der Waals surface area contributed by atoms with Gasteiger partial charge in [-0.05, 0) is 25.3 Å². The number of carbonyl (C=O) groups excluding carboxylic acids is 1. The molecule has 3 nitrogen and oxygen atoms in total. The summed E-state index contributed by atoms with van der Waals surface area (Å²) in [7, 11) is 0. The molecule has 1 fully saturated rings. The van der Waals surface area contributed by atoms with Crippen LogP contribution >= 0.6 is 11.8 Å². The lowest BCUT2D eigenvalue weighted by atomic mass is 9.96. The van der Waals surface area contributed by atoms with Crippen LogP contribution in [0.3, 0.4) is 0 Å². The van der Waals surface area contributed by atoms with E-state index in [0.29, 0.717) is 13.1 Å². The van der Waals surface area contributed by atoms with Gasteiger partial charge in [0, 0.05) is 4.90 Å². The molecule has 1 aliphatic rings. The van der Waals surface area contributed by atoms with Gasteiger partial charge >= 0.3 is 0 Å². The molecular formula is C12H15NO2S. The van der Waals surface area contributed by atoms with Crippen LogP contribution in [0.25, 0.3) is 0 Å². The zero-order valence-corrected chi connectivity index (χ0v) is 10.3. The van der Waals surface area contributed by atoms with E-state index in [4.69, 9.17) is 0 Å². The number of thioether (sulfide) groups is 1. The number of aliphatic hydroxyl groups is 1. The van der Waals surface area contributed by atoms with Gasteiger partial charge in [0.25, 0.3) is 5.91 Å². The summed E-state index contributed by atoms with van der Waals surface area (Å²) in [6.07, 6.45) is 1.96. The highest BCUT2D eigenvalue weighted by atomic mass is 32.2. The molecule has 1 aliphatic heterocycles. The van der Waals surface area contributed by atoms with E-state index < -0.39 is 5.60 Å². The first-order valence-corrected chi connectivity index (χ1v) is 6.41. The number of nitrogens with zero attached hydrogens (tertiary/aromatic N) is 1. The predicted octanol–water partition coefficient (Wildman–Crippen LogP) is 1.62. The fourth-order valence-corrected chi connectivity index (χ4v) is 2.50. The van der Waals surface area contributed by atoms with Gasteiger partial charge in [-0.2, -0.15) is 0 Å². The van der Waals surface area contributed by atoms with Gasteiger partial charge < -0.3 is 10.0 Å². The van der Waals surface area contributed by atoms with Crippen LogP contribution in [0.2, 0.25) is 0 Å². The molecule has 0 radical (unpaired) electrons. The van der Waals surface area contributed by atoms with Crippen LogP contribution in [-0.2, 0) is 0 Å². The predicted molar refractivity (Wildman–Crippen MR) is 64.8 cm³/mol. The van der Waals surface area contributed by atoms with Crippen LogP contribution in [-0.4, -0.2) is 40.9 Å². The standard InChI is InChI=1S/C12H15NO2S/c1-12(15)7-13(8-12)11(14)9-5-3-4-6-10(9)16-2/h3-6,15H,7-8H2,1-2H3. The number of rotatable bonds is 2. The molecule has 86 valence electrons. The molecule has 16 heavy (non-hydrogen) atoms. The van der Waals surface area contributed by atoms with Gasteiger partial charge in [-0.3, -0.25) is 4.79 Å². The van der Waals surface area contributed by atoms with Crippen molar-refractivity contribution in [3.8, 4) is 0 Å². The number of hydrogen-bond acceptors (Lipinski definition) is 3. The third kappa shape index (κ3) is 2.08. The van der Waals surface area contributed by atoms with E-state index in [0.717, 1.165) is 10.5 Å². The second kappa shape index (κ2) is 4.11. The Bertz CT molecular complexity index is 409. The van der Waals surface area contributed by atoms with Crippen molar-refractivity contribution in [2.75, 3.05) is 19.3 Å². The Hall–Kier alpha value is -1.00. The Labute approximate surface area is 99.5 Å². The Morgan fingerprint density at radius 2 is 2.06 bits per heavy atom. The first-order chi connectivity index (χ1) is 7.53. The minimum absolute atomic E-state index is 0.0106. The maximum Gasteiger partial charge on any atom is 0.255 e. The third-order valence-corrected chi connectivity index (χ3v) is 3.48. The lowest BCUT2D eigenvalue weighted by Crippen LogP contribution is -2.61. The molecule has 1 aromatic carbocycles. The summed E-state index contributed by atoms with van der Waals surface area (Å²) in [5, 5.41) is 9.61. The molecule has 0 aliphatic carbocycles. The second-order valence-corrected chi connectivity index (χ2v) is 5.21. The van der Waals surface area contributed by atoms with Crippen molar-refractivity contribution in [2.45, 2.75) is 17.4 Å². The summed E-state index contributed by atoms with van der Waals surface area (Å²) in [4.78, 5) is 14.8. The van der Waals surface area contributed by atoms with Crippen LogP contribution in [0, 0.1) is 0 Å². The average Bonchev–Trinajstić information content (AvgIpc) is 2.24. The Kier molecular flexibility index (Phi) is 2.95. The average molecular weight is 237 g/mol. The highest BCUT2D eigenvalue weighted by Crippen LogP contribution is 2.26. The van der Waals surface area contributed by atoms with Crippen molar-refractivity contribution in [3.63, 3.8) is 0 Å². The van der Waals surface area contributed by atoms with Crippen LogP contribution in [0.4, 0.5) is 0 Å². The van der Waals surface area contributed by atoms with Gasteiger partial charge in [0.15, 0.2) is 0 Å². The van der Waals surface area contributed by atoms with Crippen LogP contribution in [0.15, 0.2) is 29.2 Å². The van der Waals surface area contributed by atoms with E-state index in [1.807, 2.05) is 30.5 Å². The summed E-state index contributed by atoms with van der Waals surface area (Å²) in [6, 6.07) is 7.57. The van der Waals surface area contributed by atoms with Crippen molar-refractivity contribution in [3.05, 3.63) is 29.8 Å². The lowest BCUT2D eigenvalue weighted by molar-refractivity contribution is -0.0669. The number of benzene rings is 1. The Morgan fingerprint density at radius 1 is 1.44 bits per heavy atom. The first kappa shape index (κ1) is 11.5. The first-order valence-electron chi connectivity index (χ1n) is 5.18. The van der Waals surface area contributed by atoms with Crippen molar-refractivity contribution in [2.24, 2.45) is 0 Å². The van der Waals surface area contributed by atoms with E-state index in [9.17, 15) is 9.90 Å². The zero-order valence-electron chi connectivity index (χ0n) is 9.43. The van der Waals surface area contributed by atoms with Crippen LogP contribution < -0.4 is 0 Å². The fourth-order valence-electron chi connectivity index (χ4n) is 1.91. The molecule has 0 atom stereocenters. The molecule has 0 bridgehead atoms. The molecule has 1 saturated heterocycles. The number of carbonyl (C=O) groups is 1. The lowest BCUT2D eigenvalue weighted by Gasteiger charge is -2.44. The smallest absolute Gasteiger partial charge is 0.255 e. The van der Waals surface area contributed by atoms with E-state index in [1.165, 1.54) is 0 Å². The van der Waals surface area contributed by atoms with Gasteiger partial charge in [0.05, 0.1) is 24.3 Å². The summed E-state index contributed by atoms with van der Waals surface area (Å²) < 4.78 is 0. The normalized spacial score (nSPS) is 18.1. The molecule has 1 amide bonds. The number of amides is 1.